The molecule has 0 aromatic heterocycles. The summed E-state index contributed by atoms with van der Waals surface area (Å²) in [5.41, 5.74) is 5.65. The van der Waals surface area contributed by atoms with E-state index in [1.165, 1.54) is 38.5 Å². The summed E-state index contributed by atoms with van der Waals surface area (Å²) < 4.78 is 0. The highest BCUT2D eigenvalue weighted by Gasteiger charge is 2.32. The van der Waals surface area contributed by atoms with E-state index in [2.05, 4.69) is 16.7 Å². The summed E-state index contributed by atoms with van der Waals surface area (Å²) in [6.07, 6.45) is 8.47. The quantitative estimate of drug-likeness (QED) is 0.795. The first-order chi connectivity index (χ1) is 9.24. The minimum Gasteiger partial charge on any atom is -0.341 e. The van der Waals surface area contributed by atoms with E-state index in [1.807, 2.05) is 0 Å². The molecule has 1 saturated carbocycles. The molecule has 1 aliphatic heterocycles. The number of amides is 1. The second-order valence-corrected chi connectivity index (χ2v) is 6.03. The lowest BCUT2D eigenvalue weighted by Gasteiger charge is -2.35. The smallest absolute Gasteiger partial charge is 0.239 e. The van der Waals surface area contributed by atoms with Crippen LogP contribution in [0.3, 0.4) is 0 Å². The van der Waals surface area contributed by atoms with Gasteiger partial charge >= 0.3 is 0 Å². The largest absolute Gasteiger partial charge is 0.341 e. The van der Waals surface area contributed by atoms with Crippen molar-refractivity contribution >= 4 is 5.91 Å². The maximum atomic E-state index is 12.6. The summed E-state index contributed by atoms with van der Waals surface area (Å²) in [7, 11) is 0. The molecule has 1 atom stereocenters. The van der Waals surface area contributed by atoms with Crippen LogP contribution in [0, 0.1) is 0 Å². The van der Waals surface area contributed by atoms with Gasteiger partial charge in [0.15, 0.2) is 0 Å². The van der Waals surface area contributed by atoms with Crippen molar-refractivity contribution in [2.24, 2.45) is 5.73 Å². The van der Waals surface area contributed by atoms with Gasteiger partial charge in [0, 0.05) is 25.7 Å². The molecular weight excluding hydrogens is 238 g/mol. The van der Waals surface area contributed by atoms with Crippen LogP contribution in [0.5, 0.6) is 0 Å². The summed E-state index contributed by atoms with van der Waals surface area (Å²) in [6, 6.07) is 0.640. The Morgan fingerprint density at radius 1 is 1.26 bits per heavy atom. The maximum Gasteiger partial charge on any atom is 0.239 e. The van der Waals surface area contributed by atoms with Crippen molar-refractivity contribution in [3.63, 3.8) is 0 Å². The molecule has 4 nitrogen and oxygen atoms in total. The normalized spacial score (nSPS) is 22.4. The molecule has 0 bridgehead atoms. The lowest BCUT2D eigenvalue weighted by molar-refractivity contribution is -0.136. The molecule has 2 N–H and O–H groups in total. The van der Waals surface area contributed by atoms with Crippen LogP contribution in [0.4, 0.5) is 0 Å². The van der Waals surface area contributed by atoms with Crippen LogP contribution < -0.4 is 5.73 Å². The molecule has 1 unspecified atom stereocenters. The standard InChI is InChI=1S/C15H29N3O/c1-13(15(19)17-10-4-5-11-17)18(12-6-9-16)14-7-2-3-8-14/h13-14H,2-12,16H2,1H3. The number of nitrogens with two attached hydrogens (primary N) is 1. The fourth-order valence-corrected chi connectivity index (χ4v) is 3.55. The molecule has 0 spiro atoms. The Bertz CT molecular complexity index is 283. The first kappa shape index (κ1) is 14.8. The molecule has 0 aromatic carbocycles. The van der Waals surface area contributed by atoms with E-state index < -0.39 is 0 Å². The Hall–Kier alpha value is -0.610. The molecule has 1 amide bonds. The molecule has 2 rings (SSSR count). The van der Waals surface area contributed by atoms with E-state index in [-0.39, 0.29) is 6.04 Å². The highest BCUT2D eigenvalue weighted by Crippen LogP contribution is 2.26. The van der Waals surface area contributed by atoms with Gasteiger partial charge in [-0.3, -0.25) is 9.69 Å². The van der Waals surface area contributed by atoms with E-state index in [9.17, 15) is 4.79 Å². The summed E-state index contributed by atoms with van der Waals surface area (Å²) in [6.45, 7) is 5.70. The van der Waals surface area contributed by atoms with E-state index in [1.54, 1.807) is 0 Å². The first-order valence-corrected chi connectivity index (χ1v) is 7.98. The molecule has 2 fully saturated rings. The van der Waals surface area contributed by atoms with Gasteiger partial charge in [0.2, 0.25) is 5.91 Å². The number of nitrogens with zero attached hydrogens (tertiary/aromatic N) is 2. The third-order valence-corrected chi connectivity index (χ3v) is 4.69. The molecule has 1 aliphatic carbocycles. The second kappa shape index (κ2) is 7.25. The van der Waals surface area contributed by atoms with Crippen LogP contribution >= 0.6 is 0 Å². The Kier molecular flexibility index (Phi) is 5.64. The number of carbonyl (C=O) groups excluding carboxylic acids is 1. The van der Waals surface area contributed by atoms with Crippen molar-refractivity contribution in [1.29, 1.82) is 0 Å². The second-order valence-electron chi connectivity index (χ2n) is 6.03. The van der Waals surface area contributed by atoms with Gasteiger partial charge in [-0.1, -0.05) is 12.8 Å². The molecular formula is C15H29N3O. The summed E-state index contributed by atoms with van der Waals surface area (Å²) in [5.74, 6) is 0.335. The van der Waals surface area contributed by atoms with Gasteiger partial charge < -0.3 is 10.6 Å². The number of hydrogen-bond donors (Lipinski definition) is 1. The highest BCUT2D eigenvalue weighted by molar-refractivity contribution is 5.81. The van der Waals surface area contributed by atoms with Crippen molar-refractivity contribution in [2.75, 3.05) is 26.2 Å². The minimum absolute atomic E-state index is 0.0350. The molecule has 0 aromatic rings. The van der Waals surface area contributed by atoms with Gasteiger partial charge in [-0.2, -0.15) is 0 Å². The Labute approximate surface area is 117 Å². The number of hydrogen-bond acceptors (Lipinski definition) is 3. The van der Waals surface area contributed by atoms with Crippen molar-refractivity contribution < 1.29 is 4.79 Å². The molecule has 19 heavy (non-hydrogen) atoms. The zero-order chi connectivity index (χ0) is 13.7. The monoisotopic (exact) mass is 267 g/mol. The third kappa shape index (κ3) is 3.69. The van der Waals surface area contributed by atoms with Gasteiger partial charge in [-0.05, 0) is 45.6 Å². The van der Waals surface area contributed by atoms with Crippen molar-refractivity contribution in [3.05, 3.63) is 0 Å². The van der Waals surface area contributed by atoms with Gasteiger partial charge in [0.25, 0.3) is 0 Å². The van der Waals surface area contributed by atoms with Crippen LogP contribution in [-0.2, 0) is 4.79 Å². The van der Waals surface area contributed by atoms with Crippen molar-refractivity contribution in [1.82, 2.24) is 9.80 Å². The summed E-state index contributed by atoms with van der Waals surface area (Å²) >= 11 is 0. The fraction of sp³-hybridized carbons (Fsp3) is 0.933. The van der Waals surface area contributed by atoms with E-state index >= 15 is 0 Å². The summed E-state index contributed by atoms with van der Waals surface area (Å²) in [4.78, 5) is 17.0. The van der Waals surface area contributed by atoms with Gasteiger partial charge in [-0.15, -0.1) is 0 Å². The lowest BCUT2D eigenvalue weighted by Crippen LogP contribution is -2.50. The molecule has 110 valence electrons. The van der Waals surface area contributed by atoms with Gasteiger partial charge in [-0.25, -0.2) is 0 Å². The highest BCUT2D eigenvalue weighted by atomic mass is 16.2. The number of likely N-dealkylation sites (tertiary alicyclic amines) is 1. The van der Waals surface area contributed by atoms with E-state index in [0.29, 0.717) is 18.5 Å². The molecule has 2 aliphatic rings. The Morgan fingerprint density at radius 2 is 1.89 bits per heavy atom. The van der Waals surface area contributed by atoms with E-state index in [4.69, 9.17) is 5.73 Å². The zero-order valence-corrected chi connectivity index (χ0v) is 12.3. The third-order valence-electron chi connectivity index (χ3n) is 4.69. The van der Waals surface area contributed by atoms with Crippen LogP contribution in [0.1, 0.15) is 51.9 Å². The van der Waals surface area contributed by atoms with Gasteiger partial charge in [0.1, 0.15) is 0 Å². The predicted molar refractivity (Wildman–Crippen MR) is 77.9 cm³/mol. The molecule has 1 saturated heterocycles. The maximum absolute atomic E-state index is 12.6. The average molecular weight is 267 g/mol. The van der Waals surface area contributed by atoms with Crippen molar-refractivity contribution in [3.8, 4) is 0 Å². The van der Waals surface area contributed by atoms with Crippen LogP contribution in [0.25, 0.3) is 0 Å². The number of carbonyl (C=O) groups is 1. The summed E-state index contributed by atoms with van der Waals surface area (Å²) in [5, 5.41) is 0. The average Bonchev–Trinajstić information content (AvgIpc) is 3.11. The van der Waals surface area contributed by atoms with Crippen molar-refractivity contribution in [2.45, 2.75) is 64.0 Å². The fourth-order valence-electron chi connectivity index (χ4n) is 3.55. The topological polar surface area (TPSA) is 49.6 Å². The number of rotatable bonds is 6. The molecule has 4 heteroatoms. The minimum atomic E-state index is 0.0350. The Morgan fingerprint density at radius 3 is 2.47 bits per heavy atom. The molecule has 0 radical (unpaired) electrons. The predicted octanol–water partition coefficient (Wildman–Crippen LogP) is 1.59. The Balaban J connectivity index is 1.96. The lowest BCUT2D eigenvalue weighted by atomic mass is 10.1. The zero-order valence-electron chi connectivity index (χ0n) is 12.3. The van der Waals surface area contributed by atoms with E-state index in [0.717, 1.165) is 26.1 Å². The molecule has 1 heterocycles. The van der Waals surface area contributed by atoms with Crippen LogP contribution in [-0.4, -0.2) is 54.0 Å². The van der Waals surface area contributed by atoms with Crippen LogP contribution in [0.2, 0.25) is 0 Å². The first-order valence-electron chi connectivity index (χ1n) is 7.98. The SMILES string of the molecule is CC(C(=O)N1CCCC1)N(CCCN)C1CCCC1. The van der Waals surface area contributed by atoms with Gasteiger partial charge in [0.05, 0.1) is 6.04 Å². The van der Waals surface area contributed by atoms with Crippen LogP contribution in [0.15, 0.2) is 0 Å².